The average Bonchev–Trinajstić information content (AvgIpc) is 2.21. The lowest BCUT2D eigenvalue weighted by Gasteiger charge is -2.04. The number of nitrogens with two attached hydrogens (primary N) is 1. The Balaban J connectivity index is 2.23. The van der Waals surface area contributed by atoms with E-state index in [4.69, 9.17) is 5.73 Å². The summed E-state index contributed by atoms with van der Waals surface area (Å²) >= 11 is 1.54. The minimum Gasteiger partial charge on any atom is -0.377 e. The van der Waals surface area contributed by atoms with Gasteiger partial charge in [0, 0.05) is 5.75 Å². The minimum atomic E-state index is 0.563. The third-order valence-corrected chi connectivity index (χ3v) is 2.75. The summed E-state index contributed by atoms with van der Waals surface area (Å²) in [5.74, 6) is 0.847. The van der Waals surface area contributed by atoms with E-state index in [0.29, 0.717) is 5.17 Å². The summed E-state index contributed by atoms with van der Waals surface area (Å²) in [5.41, 5.74) is 6.49. The van der Waals surface area contributed by atoms with E-state index in [1.165, 1.54) is 19.3 Å². The molecule has 0 unspecified atom stereocenters. The van der Waals surface area contributed by atoms with Crippen LogP contribution in [-0.2, 0) is 0 Å². The third-order valence-electron chi connectivity index (χ3n) is 1.93. The second kappa shape index (κ2) is 6.65. The van der Waals surface area contributed by atoms with E-state index < -0.39 is 0 Å². The van der Waals surface area contributed by atoms with Gasteiger partial charge in [-0.2, -0.15) is 5.10 Å². The lowest BCUT2D eigenvalue weighted by molar-refractivity contribution is 0.729. The third kappa shape index (κ3) is 4.46. The van der Waals surface area contributed by atoms with Crippen molar-refractivity contribution in [3.8, 4) is 0 Å². The largest absolute Gasteiger partial charge is 0.377 e. The first kappa shape index (κ1) is 11.3. The summed E-state index contributed by atoms with van der Waals surface area (Å²) in [4.78, 5) is 0. The lowest BCUT2D eigenvalue weighted by Crippen LogP contribution is -2.14. The van der Waals surface area contributed by atoms with Crippen molar-refractivity contribution in [2.75, 3.05) is 5.75 Å². The lowest BCUT2D eigenvalue weighted by atomic mass is 10.2. The van der Waals surface area contributed by atoms with Crippen molar-refractivity contribution in [2.24, 2.45) is 15.9 Å². The molecular formula is C10H17N3S. The van der Waals surface area contributed by atoms with Crippen LogP contribution in [0.3, 0.4) is 0 Å². The van der Waals surface area contributed by atoms with Gasteiger partial charge in [0.2, 0.25) is 0 Å². The van der Waals surface area contributed by atoms with Gasteiger partial charge in [0.15, 0.2) is 5.17 Å². The Bertz CT molecular complexity index is 256. The second-order valence-corrected chi connectivity index (χ2v) is 4.21. The molecule has 1 aliphatic rings. The van der Waals surface area contributed by atoms with Crippen molar-refractivity contribution in [1.82, 2.24) is 0 Å². The number of rotatable bonds is 5. The summed E-state index contributed by atoms with van der Waals surface area (Å²) in [6.07, 6.45) is 9.20. The summed E-state index contributed by atoms with van der Waals surface area (Å²) in [5, 5.41) is 8.38. The van der Waals surface area contributed by atoms with Crippen LogP contribution in [0.5, 0.6) is 0 Å². The molecule has 1 aliphatic heterocycles. The smallest absolute Gasteiger partial charge is 0.180 e. The van der Waals surface area contributed by atoms with Crippen LogP contribution in [-0.4, -0.2) is 16.6 Å². The first-order chi connectivity index (χ1) is 6.83. The Morgan fingerprint density at radius 2 is 2.29 bits per heavy atom. The summed E-state index contributed by atoms with van der Waals surface area (Å²) in [7, 11) is 0. The fourth-order valence-corrected chi connectivity index (χ4v) is 1.68. The van der Waals surface area contributed by atoms with Crippen molar-refractivity contribution in [3.05, 3.63) is 12.2 Å². The van der Waals surface area contributed by atoms with E-state index >= 15 is 0 Å². The van der Waals surface area contributed by atoms with Crippen LogP contribution in [0.4, 0.5) is 0 Å². The van der Waals surface area contributed by atoms with E-state index in [-0.39, 0.29) is 0 Å². The van der Waals surface area contributed by atoms with Gasteiger partial charge in [-0.15, -0.1) is 5.10 Å². The summed E-state index contributed by atoms with van der Waals surface area (Å²) < 4.78 is 0. The van der Waals surface area contributed by atoms with Gasteiger partial charge in [0.1, 0.15) is 0 Å². The predicted octanol–water partition coefficient (Wildman–Crippen LogP) is 2.54. The fourth-order valence-electron chi connectivity index (χ4n) is 1.13. The van der Waals surface area contributed by atoms with Crippen molar-refractivity contribution in [1.29, 1.82) is 0 Å². The van der Waals surface area contributed by atoms with E-state index in [1.807, 2.05) is 0 Å². The molecule has 0 amide bonds. The number of hydrogen-bond acceptors (Lipinski definition) is 4. The molecule has 2 N–H and O–H groups in total. The molecule has 0 spiro atoms. The number of thioether (sulfide) groups is 1. The molecule has 0 aromatic heterocycles. The van der Waals surface area contributed by atoms with Gasteiger partial charge in [-0.05, 0) is 18.9 Å². The standard InChI is InChI=1S/C10H17N3S/c1-2-3-4-5-6-7-9-8-14-10(11)13-12-9/h6-7H,2-5,8H2,1H3,(H2,11,13)/b7-6+. The molecule has 78 valence electrons. The minimum absolute atomic E-state index is 0.563. The quantitative estimate of drug-likeness (QED) is 0.710. The molecule has 0 saturated carbocycles. The molecule has 4 heteroatoms. The van der Waals surface area contributed by atoms with Crippen LogP contribution in [0.15, 0.2) is 22.4 Å². The van der Waals surface area contributed by atoms with Crippen LogP contribution < -0.4 is 5.73 Å². The highest BCUT2D eigenvalue weighted by atomic mass is 32.2. The highest BCUT2D eigenvalue weighted by molar-refractivity contribution is 8.14. The Labute approximate surface area is 89.6 Å². The maximum Gasteiger partial charge on any atom is 0.180 e. The Morgan fingerprint density at radius 1 is 1.43 bits per heavy atom. The molecule has 0 atom stereocenters. The molecule has 0 saturated heterocycles. The first-order valence-corrected chi connectivity index (χ1v) is 6.01. The van der Waals surface area contributed by atoms with Gasteiger partial charge in [-0.25, -0.2) is 0 Å². The van der Waals surface area contributed by atoms with Crippen molar-refractivity contribution in [2.45, 2.75) is 32.6 Å². The van der Waals surface area contributed by atoms with Crippen LogP contribution in [0.2, 0.25) is 0 Å². The maximum atomic E-state index is 5.47. The van der Waals surface area contributed by atoms with Crippen LogP contribution >= 0.6 is 11.8 Å². The van der Waals surface area contributed by atoms with E-state index in [1.54, 1.807) is 11.8 Å². The van der Waals surface area contributed by atoms with E-state index in [0.717, 1.165) is 17.9 Å². The van der Waals surface area contributed by atoms with Crippen molar-refractivity contribution >= 4 is 22.6 Å². The zero-order valence-corrected chi connectivity index (χ0v) is 9.39. The Morgan fingerprint density at radius 3 is 2.93 bits per heavy atom. The zero-order valence-electron chi connectivity index (χ0n) is 8.57. The molecule has 0 aromatic rings. The van der Waals surface area contributed by atoms with E-state index in [9.17, 15) is 0 Å². The normalized spacial score (nSPS) is 16.9. The van der Waals surface area contributed by atoms with E-state index in [2.05, 4.69) is 29.3 Å². The van der Waals surface area contributed by atoms with Gasteiger partial charge in [-0.1, -0.05) is 37.6 Å². The van der Waals surface area contributed by atoms with Gasteiger partial charge < -0.3 is 5.73 Å². The Kier molecular flexibility index (Phi) is 5.37. The second-order valence-electron chi connectivity index (χ2n) is 3.22. The molecule has 0 fully saturated rings. The highest BCUT2D eigenvalue weighted by Gasteiger charge is 2.03. The van der Waals surface area contributed by atoms with Gasteiger partial charge >= 0.3 is 0 Å². The Hall–Kier alpha value is -0.770. The van der Waals surface area contributed by atoms with Crippen molar-refractivity contribution in [3.63, 3.8) is 0 Å². The molecular weight excluding hydrogens is 194 g/mol. The maximum absolute atomic E-state index is 5.47. The predicted molar refractivity (Wildman–Crippen MR) is 64.8 cm³/mol. The fraction of sp³-hybridized carbons (Fsp3) is 0.600. The number of nitrogens with zero attached hydrogens (tertiary/aromatic N) is 2. The SMILES string of the molecule is CCCCC/C=C/C1=NN=C(N)SC1. The van der Waals surface area contributed by atoms with Gasteiger partial charge in [0.05, 0.1) is 5.71 Å². The molecule has 14 heavy (non-hydrogen) atoms. The number of unbranched alkanes of at least 4 members (excludes halogenated alkanes) is 3. The number of allylic oxidation sites excluding steroid dienone is 2. The highest BCUT2D eigenvalue weighted by Crippen LogP contribution is 2.08. The van der Waals surface area contributed by atoms with Gasteiger partial charge in [-0.3, -0.25) is 0 Å². The van der Waals surface area contributed by atoms with Gasteiger partial charge in [0.25, 0.3) is 0 Å². The molecule has 3 nitrogen and oxygen atoms in total. The topological polar surface area (TPSA) is 50.7 Å². The molecule has 0 bridgehead atoms. The molecule has 0 aromatic carbocycles. The van der Waals surface area contributed by atoms with Crippen LogP contribution in [0.1, 0.15) is 32.6 Å². The first-order valence-electron chi connectivity index (χ1n) is 5.02. The summed E-state index contributed by atoms with van der Waals surface area (Å²) in [6.45, 7) is 2.21. The van der Waals surface area contributed by atoms with Crippen molar-refractivity contribution < 1.29 is 0 Å². The average molecular weight is 211 g/mol. The summed E-state index contributed by atoms with van der Waals surface area (Å²) in [6, 6.07) is 0. The molecule has 1 rings (SSSR count). The van der Waals surface area contributed by atoms with Crippen LogP contribution in [0, 0.1) is 0 Å². The zero-order chi connectivity index (χ0) is 10.2. The molecule has 1 heterocycles. The monoisotopic (exact) mass is 211 g/mol. The van der Waals surface area contributed by atoms with Crippen LogP contribution in [0.25, 0.3) is 0 Å². The number of hydrogen-bond donors (Lipinski definition) is 1. The molecule has 0 radical (unpaired) electrons. The molecule has 0 aliphatic carbocycles. The number of amidine groups is 1.